The van der Waals surface area contributed by atoms with Crippen LogP contribution in [0.3, 0.4) is 0 Å². The molecule has 1 amide bonds. The summed E-state index contributed by atoms with van der Waals surface area (Å²) >= 11 is 1.12. The highest BCUT2D eigenvalue weighted by atomic mass is 32.1. The van der Waals surface area contributed by atoms with Gasteiger partial charge >= 0.3 is 0 Å². The van der Waals surface area contributed by atoms with Crippen molar-refractivity contribution in [1.29, 1.82) is 0 Å². The van der Waals surface area contributed by atoms with Crippen molar-refractivity contribution in [3.05, 3.63) is 11.1 Å². The normalized spacial score (nSPS) is 10.0. The van der Waals surface area contributed by atoms with Crippen LogP contribution in [-0.2, 0) is 0 Å². The van der Waals surface area contributed by atoms with Crippen LogP contribution in [0.5, 0.6) is 0 Å². The van der Waals surface area contributed by atoms with E-state index in [0.29, 0.717) is 5.82 Å². The molecule has 0 saturated heterocycles. The predicted octanol–water partition coefficient (Wildman–Crippen LogP) is -0.244. The molecule has 14 heavy (non-hydrogen) atoms. The number of anilines is 2. The van der Waals surface area contributed by atoms with Gasteiger partial charge < -0.3 is 11.1 Å². The van der Waals surface area contributed by atoms with Crippen LogP contribution in [0, 0.1) is 0 Å². The molecule has 8 nitrogen and oxygen atoms in total. The molecular weight excluding hydrogens is 208 g/mol. The number of rotatable bonds is 2. The van der Waals surface area contributed by atoms with Crippen LogP contribution in [0.15, 0.2) is 10.0 Å². The van der Waals surface area contributed by atoms with Crippen LogP contribution < -0.4 is 11.1 Å². The maximum atomic E-state index is 11.4. The first-order chi connectivity index (χ1) is 6.77. The van der Waals surface area contributed by atoms with Crippen LogP contribution in [0.1, 0.15) is 10.5 Å². The molecule has 2 aromatic heterocycles. The second-order valence-corrected chi connectivity index (χ2v) is 2.85. The molecule has 72 valence electrons. The van der Waals surface area contributed by atoms with E-state index in [-0.39, 0.29) is 11.5 Å². The molecule has 0 saturated carbocycles. The van der Waals surface area contributed by atoms with Crippen molar-refractivity contribution in [1.82, 2.24) is 19.9 Å². The summed E-state index contributed by atoms with van der Waals surface area (Å²) in [5.41, 5.74) is 5.24. The van der Waals surface area contributed by atoms with Crippen LogP contribution in [-0.4, -0.2) is 25.8 Å². The Morgan fingerprint density at radius 3 is 3.00 bits per heavy atom. The Hall–Kier alpha value is -2.03. The van der Waals surface area contributed by atoms with E-state index in [9.17, 15) is 4.79 Å². The molecule has 0 aromatic carbocycles. The zero-order chi connectivity index (χ0) is 9.97. The quantitative estimate of drug-likeness (QED) is 0.704. The number of nitrogen functional groups attached to an aromatic ring is 1. The second kappa shape index (κ2) is 3.38. The molecule has 0 spiro atoms. The van der Waals surface area contributed by atoms with Gasteiger partial charge in [0, 0.05) is 0 Å². The van der Waals surface area contributed by atoms with Gasteiger partial charge in [-0.25, -0.2) is 4.63 Å². The largest absolute Gasteiger partial charge is 0.379 e. The lowest BCUT2D eigenvalue weighted by Crippen LogP contribution is -2.14. The van der Waals surface area contributed by atoms with E-state index in [4.69, 9.17) is 5.73 Å². The molecule has 0 aliphatic carbocycles. The number of carbonyl (C=O) groups is 1. The SMILES string of the molecule is Nc1nonc1C(=O)Nc1csnn1. The van der Waals surface area contributed by atoms with E-state index in [1.165, 1.54) is 0 Å². The number of nitrogens with one attached hydrogen (secondary N) is 1. The lowest BCUT2D eigenvalue weighted by molar-refractivity contribution is 0.101. The third kappa shape index (κ3) is 1.52. The predicted molar refractivity (Wildman–Crippen MR) is 46.6 cm³/mol. The first kappa shape index (κ1) is 8.56. The van der Waals surface area contributed by atoms with Gasteiger partial charge in [-0.15, -0.1) is 5.10 Å². The Morgan fingerprint density at radius 2 is 2.43 bits per heavy atom. The van der Waals surface area contributed by atoms with Crippen LogP contribution in [0.4, 0.5) is 11.6 Å². The fourth-order valence-corrected chi connectivity index (χ4v) is 1.14. The summed E-state index contributed by atoms with van der Waals surface area (Å²) in [7, 11) is 0. The summed E-state index contributed by atoms with van der Waals surface area (Å²) in [4.78, 5) is 11.4. The van der Waals surface area contributed by atoms with Gasteiger partial charge in [0.2, 0.25) is 11.5 Å². The fraction of sp³-hybridized carbons (Fsp3) is 0. The van der Waals surface area contributed by atoms with Crippen molar-refractivity contribution < 1.29 is 9.42 Å². The summed E-state index contributed by atoms with van der Waals surface area (Å²) < 4.78 is 7.83. The monoisotopic (exact) mass is 212 g/mol. The Bertz CT molecular complexity index is 437. The lowest BCUT2D eigenvalue weighted by atomic mass is 10.4. The number of nitrogens with two attached hydrogens (primary N) is 1. The molecule has 3 N–H and O–H groups in total. The van der Waals surface area contributed by atoms with Gasteiger partial charge in [-0.05, 0) is 21.8 Å². The highest BCUT2D eigenvalue weighted by Crippen LogP contribution is 2.09. The number of hydrogen-bond acceptors (Lipinski definition) is 8. The van der Waals surface area contributed by atoms with Crippen molar-refractivity contribution in [2.24, 2.45) is 0 Å². The molecule has 9 heteroatoms. The maximum Gasteiger partial charge on any atom is 0.283 e. The third-order valence-corrected chi connectivity index (χ3v) is 1.84. The molecule has 2 heterocycles. The van der Waals surface area contributed by atoms with Gasteiger partial charge in [0.25, 0.3) is 5.91 Å². The molecular formula is C5H4N6O2S. The molecule has 0 fully saturated rings. The van der Waals surface area contributed by atoms with Crippen molar-refractivity contribution in [2.75, 3.05) is 11.1 Å². The highest BCUT2D eigenvalue weighted by Gasteiger charge is 2.16. The molecule has 0 unspecified atom stereocenters. The zero-order valence-electron chi connectivity index (χ0n) is 6.67. The molecule has 0 aliphatic heterocycles. The van der Waals surface area contributed by atoms with Crippen LogP contribution in [0.2, 0.25) is 0 Å². The van der Waals surface area contributed by atoms with Gasteiger partial charge in [0.1, 0.15) is 0 Å². The summed E-state index contributed by atoms with van der Waals surface area (Å²) in [5.74, 6) is -0.260. The van der Waals surface area contributed by atoms with Gasteiger partial charge in [0.15, 0.2) is 5.82 Å². The first-order valence-electron chi connectivity index (χ1n) is 3.44. The standard InChI is InChI=1S/C5H4N6O2S/c6-4-3(9-13-10-4)5(12)7-2-1-14-11-8-2/h1H,(H2,6,10)(H,7,12). The van der Waals surface area contributed by atoms with E-state index < -0.39 is 5.91 Å². The Morgan fingerprint density at radius 1 is 1.57 bits per heavy atom. The maximum absolute atomic E-state index is 11.4. The molecule has 2 aromatic rings. The van der Waals surface area contributed by atoms with E-state index in [2.05, 4.69) is 29.8 Å². The van der Waals surface area contributed by atoms with Gasteiger partial charge in [0.05, 0.1) is 5.38 Å². The first-order valence-corrected chi connectivity index (χ1v) is 4.27. The van der Waals surface area contributed by atoms with E-state index in [1.54, 1.807) is 5.38 Å². The Labute approximate surface area is 81.2 Å². The van der Waals surface area contributed by atoms with Crippen LogP contribution in [0.25, 0.3) is 0 Å². The second-order valence-electron chi connectivity index (χ2n) is 2.24. The van der Waals surface area contributed by atoms with Gasteiger partial charge in [-0.1, -0.05) is 4.49 Å². The minimum atomic E-state index is -0.531. The highest BCUT2D eigenvalue weighted by molar-refractivity contribution is 7.03. The smallest absolute Gasteiger partial charge is 0.283 e. The number of hydrogen-bond donors (Lipinski definition) is 2. The van der Waals surface area contributed by atoms with Crippen molar-refractivity contribution in [3.8, 4) is 0 Å². The fourth-order valence-electron chi connectivity index (χ4n) is 0.748. The molecule has 0 bridgehead atoms. The zero-order valence-corrected chi connectivity index (χ0v) is 7.48. The van der Waals surface area contributed by atoms with Gasteiger partial charge in [-0.2, -0.15) is 0 Å². The minimum Gasteiger partial charge on any atom is -0.379 e. The van der Waals surface area contributed by atoms with Gasteiger partial charge in [-0.3, -0.25) is 4.79 Å². The third-order valence-electron chi connectivity index (χ3n) is 1.33. The molecule has 2 rings (SSSR count). The number of aromatic nitrogens is 4. The van der Waals surface area contributed by atoms with E-state index in [0.717, 1.165) is 11.5 Å². The number of nitrogens with zero attached hydrogens (tertiary/aromatic N) is 4. The number of carbonyl (C=O) groups excluding carboxylic acids is 1. The van der Waals surface area contributed by atoms with E-state index in [1.807, 2.05) is 0 Å². The summed E-state index contributed by atoms with van der Waals surface area (Å²) in [6, 6.07) is 0. The van der Waals surface area contributed by atoms with Crippen LogP contribution >= 0.6 is 11.5 Å². The van der Waals surface area contributed by atoms with Crippen molar-refractivity contribution in [2.45, 2.75) is 0 Å². The summed E-state index contributed by atoms with van der Waals surface area (Å²) in [6.07, 6.45) is 0. The minimum absolute atomic E-state index is 0.0642. The molecule has 0 aliphatic rings. The summed E-state index contributed by atoms with van der Waals surface area (Å²) in [6.45, 7) is 0. The topological polar surface area (TPSA) is 120 Å². The molecule has 0 radical (unpaired) electrons. The average Bonchev–Trinajstić information content (AvgIpc) is 2.75. The molecule has 0 atom stereocenters. The van der Waals surface area contributed by atoms with E-state index >= 15 is 0 Å². The van der Waals surface area contributed by atoms with Crippen molar-refractivity contribution in [3.63, 3.8) is 0 Å². The Kier molecular flexibility index (Phi) is 2.07. The van der Waals surface area contributed by atoms with Crippen molar-refractivity contribution >= 4 is 29.1 Å². The lowest BCUT2D eigenvalue weighted by Gasteiger charge is -1.95. The Balaban J connectivity index is 2.14. The average molecular weight is 212 g/mol. The summed E-state index contributed by atoms with van der Waals surface area (Å²) in [5, 5.41) is 14.2. The number of amides is 1.